The fraction of sp³-hybridized carbons (Fsp3) is 0.194. The number of hydrogen-bond donors (Lipinski definition) is 3. The third kappa shape index (κ3) is 8.45. The van der Waals surface area contributed by atoms with Crippen LogP contribution in [0.15, 0.2) is 91.1 Å². The van der Waals surface area contributed by atoms with Crippen molar-refractivity contribution < 1.29 is 14.4 Å². The van der Waals surface area contributed by atoms with Crippen LogP contribution < -0.4 is 16.0 Å². The molecular weight excluding hydrogens is 518 g/mol. The minimum atomic E-state index is -0.311. The Kier molecular flexibility index (Phi) is 10.1. The van der Waals surface area contributed by atoms with Gasteiger partial charge in [-0.3, -0.25) is 4.79 Å². The van der Waals surface area contributed by atoms with Crippen LogP contribution in [0.3, 0.4) is 0 Å². The lowest BCUT2D eigenvalue weighted by atomic mass is 10.1. The summed E-state index contributed by atoms with van der Waals surface area (Å²) in [6.45, 7) is 4.71. The van der Waals surface area contributed by atoms with Crippen molar-refractivity contribution in [2.24, 2.45) is 0 Å². The van der Waals surface area contributed by atoms with Crippen molar-refractivity contribution in [3.05, 3.63) is 96.7 Å². The lowest BCUT2D eigenvalue weighted by Gasteiger charge is -2.32. The molecule has 10 nitrogen and oxygen atoms in total. The number of aldehydes is 1. The largest absolute Gasteiger partial charge is 0.336 e. The first kappa shape index (κ1) is 28.9. The summed E-state index contributed by atoms with van der Waals surface area (Å²) in [5.74, 6) is 0.503. The second kappa shape index (κ2) is 14.3. The highest BCUT2D eigenvalue weighted by Crippen LogP contribution is 2.22. The van der Waals surface area contributed by atoms with E-state index in [2.05, 4.69) is 37.9 Å². The van der Waals surface area contributed by atoms with Gasteiger partial charge in [-0.05, 0) is 68.6 Å². The van der Waals surface area contributed by atoms with Gasteiger partial charge < -0.3 is 30.5 Å². The average molecular weight is 552 g/mol. The standard InChI is InChI=1S/C29H29N7O2.C2H4O/c1-35-17-19-36(20-18-35)27(37)22-9-13-24(14-10-22)31-28-30-16-15-26(34-28)21-7-11-25(12-8-21)33-29(38)32-23-5-3-2-4-6-23;1-2-3/h2-16H,17-20H2,1H3,(H,30,31,34)(H2,32,33,38);2H,1H3. The summed E-state index contributed by atoms with van der Waals surface area (Å²) in [7, 11) is 2.07. The summed E-state index contributed by atoms with van der Waals surface area (Å²) < 4.78 is 0. The van der Waals surface area contributed by atoms with Crippen LogP contribution >= 0.6 is 0 Å². The van der Waals surface area contributed by atoms with Gasteiger partial charge >= 0.3 is 6.03 Å². The number of carbonyl (C=O) groups excluding carboxylic acids is 3. The molecule has 1 aromatic heterocycles. The molecule has 210 valence electrons. The molecule has 0 radical (unpaired) electrons. The van der Waals surface area contributed by atoms with Crippen molar-refractivity contribution in [3.63, 3.8) is 0 Å². The van der Waals surface area contributed by atoms with Crippen molar-refractivity contribution >= 4 is 41.2 Å². The van der Waals surface area contributed by atoms with Gasteiger partial charge in [0.2, 0.25) is 5.95 Å². The van der Waals surface area contributed by atoms with E-state index in [0.717, 1.165) is 55.1 Å². The Labute approximate surface area is 239 Å². The Morgan fingerprint density at radius 2 is 1.37 bits per heavy atom. The van der Waals surface area contributed by atoms with Crippen LogP contribution in [0.4, 0.5) is 27.8 Å². The number of hydrogen-bond acceptors (Lipinski definition) is 7. The Balaban J connectivity index is 0.00000124. The quantitative estimate of drug-likeness (QED) is 0.285. The van der Waals surface area contributed by atoms with Gasteiger partial charge in [0.15, 0.2) is 0 Å². The van der Waals surface area contributed by atoms with Crippen LogP contribution in [0, 0.1) is 0 Å². The van der Waals surface area contributed by atoms with Crippen LogP contribution in [0.2, 0.25) is 0 Å². The van der Waals surface area contributed by atoms with Crippen LogP contribution in [-0.4, -0.2) is 71.2 Å². The number of benzene rings is 3. The van der Waals surface area contributed by atoms with Crippen molar-refractivity contribution in [3.8, 4) is 11.3 Å². The molecule has 0 aliphatic carbocycles. The maximum atomic E-state index is 12.8. The summed E-state index contributed by atoms with van der Waals surface area (Å²) in [6.07, 6.45) is 2.44. The molecule has 2 heterocycles. The molecule has 1 aliphatic heterocycles. The molecule has 0 atom stereocenters. The summed E-state index contributed by atoms with van der Waals surface area (Å²) in [5.41, 5.74) is 4.48. The van der Waals surface area contributed by atoms with E-state index in [9.17, 15) is 9.59 Å². The molecule has 0 bridgehead atoms. The first-order valence-corrected chi connectivity index (χ1v) is 13.3. The molecule has 0 spiro atoms. The molecule has 0 unspecified atom stereocenters. The van der Waals surface area contributed by atoms with E-state index in [4.69, 9.17) is 4.79 Å². The fourth-order valence-electron chi connectivity index (χ4n) is 4.14. The molecule has 1 saturated heterocycles. The number of carbonyl (C=O) groups is 3. The van der Waals surface area contributed by atoms with E-state index >= 15 is 0 Å². The fourth-order valence-corrected chi connectivity index (χ4v) is 4.14. The van der Waals surface area contributed by atoms with Crippen LogP contribution in [0.25, 0.3) is 11.3 Å². The molecule has 1 fully saturated rings. The summed E-state index contributed by atoms with van der Waals surface area (Å²) in [5, 5.41) is 8.82. The maximum Gasteiger partial charge on any atom is 0.323 e. The zero-order valence-corrected chi connectivity index (χ0v) is 23.1. The highest BCUT2D eigenvalue weighted by atomic mass is 16.2. The SMILES string of the molecule is CC=O.CN1CCN(C(=O)c2ccc(Nc3nccc(-c4ccc(NC(=O)Nc5ccccc5)cc4)n3)cc2)CC1. The number of piperazine rings is 1. The van der Waals surface area contributed by atoms with Crippen molar-refractivity contribution in [2.45, 2.75) is 6.92 Å². The molecule has 1 aliphatic rings. The minimum Gasteiger partial charge on any atom is -0.336 e. The van der Waals surface area contributed by atoms with Gasteiger partial charge in [0, 0.05) is 60.6 Å². The molecule has 5 rings (SSSR count). The van der Waals surface area contributed by atoms with E-state index < -0.39 is 0 Å². The Bertz CT molecular complexity index is 1440. The third-order valence-corrected chi connectivity index (χ3v) is 6.30. The zero-order chi connectivity index (χ0) is 29.0. The van der Waals surface area contributed by atoms with E-state index in [-0.39, 0.29) is 11.9 Å². The van der Waals surface area contributed by atoms with Crippen LogP contribution in [-0.2, 0) is 4.79 Å². The minimum absolute atomic E-state index is 0.0541. The van der Waals surface area contributed by atoms with Crippen LogP contribution in [0.1, 0.15) is 17.3 Å². The molecule has 4 aromatic rings. The molecule has 10 heteroatoms. The van der Waals surface area contributed by atoms with Gasteiger partial charge in [0.25, 0.3) is 5.91 Å². The summed E-state index contributed by atoms with van der Waals surface area (Å²) in [4.78, 5) is 46.9. The predicted molar refractivity (Wildman–Crippen MR) is 161 cm³/mol. The smallest absolute Gasteiger partial charge is 0.323 e. The second-order valence-corrected chi connectivity index (χ2v) is 9.32. The van der Waals surface area contributed by atoms with Gasteiger partial charge in [0.05, 0.1) is 5.69 Å². The topological polar surface area (TPSA) is 120 Å². The molecule has 3 N–H and O–H groups in total. The number of anilines is 4. The molecule has 3 amide bonds. The number of amides is 3. The van der Waals surface area contributed by atoms with Crippen LogP contribution in [0.5, 0.6) is 0 Å². The molecular formula is C31H33N7O3. The average Bonchev–Trinajstić information content (AvgIpc) is 2.99. The Morgan fingerprint density at radius 3 is 2.00 bits per heavy atom. The number of likely N-dealkylation sites (N-methyl/N-ethyl adjacent to an activating group) is 1. The summed E-state index contributed by atoms with van der Waals surface area (Å²) >= 11 is 0. The monoisotopic (exact) mass is 551 g/mol. The van der Waals surface area contributed by atoms with E-state index in [1.807, 2.05) is 89.8 Å². The highest BCUT2D eigenvalue weighted by Gasteiger charge is 2.20. The molecule has 3 aromatic carbocycles. The molecule has 0 saturated carbocycles. The Morgan fingerprint density at radius 1 is 0.780 bits per heavy atom. The normalized spacial score (nSPS) is 12.9. The first-order chi connectivity index (χ1) is 19.9. The maximum absolute atomic E-state index is 12.8. The lowest BCUT2D eigenvalue weighted by Crippen LogP contribution is -2.47. The lowest BCUT2D eigenvalue weighted by molar-refractivity contribution is -0.106. The number of aromatic nitrogens is 2. The van der Waals surface area contributed by atoms with Crippen molar-refractivity contribution in [1.82, 2.24) is 19.8 Å². The van der Waals surface area contributed by atoms with E-state index in [1.165, 1.54) is 6.92 Å². The Hall–Kier alpha value is -5.09. The van der Waals surface area contributed by atoms with Gasteiger partial charge in [-0.2, -0.15) is 0 Å². The third-order valence-electron chi connectivity index (χ3n) is 6.30. The van der Waals surface area contributed by atoms with Crippen molar-refractivity contribution in [2.75, 3.05) is 49.2 Å². The first-order valence-electron chi connectivity index (χ1n) is 13.3. The number of nitrogens with one attached hydrogen (secondary N) is 3. The zero-order valence-electron chi connectivity index (χ0n) is 23.1. The van der Waals surface area contributed by atoms with Gasteiger partial charge in [-0.25, -0.2) is 14.8 Å². The molecule has 41 heavy (non-hydrogen) atoms. The highest BCUT2D eigenvalue weighted by molar-refractivity contribution is 5.99. The predicted octanol–water partition coefficient (Wildman–Crippen LogP) is 5.12. The van der Waals surface area contributed by atoms with E-state index in [0.29, 0.717) is 17.2 Å². The summed E-state index contributed by atoms with van der Waals surface area (Å²) in [6, 6.07) is 25.6. The number of para-hydroxylation sites is 1. The number of nitrogens with zero attached hydrogens (tertiary/aromatic N) is 4. The van der Waals surface area contributed by atoms with E-state index in [1.54, 1.807) is 6.20 Å². The number of rotatable bonds is 6. The number of urea groups is 1. The van der Waals surface area contributed by atoms with Gasteiger partial charge in [0.1, 0.15) is 6.29 Å². The van der Waals surface area contributed by atoms with Gasteiger partial charge in [-0.1, -0.05) is 30.3 Å². The van der Waals surface area contributed by atoms with Crippen molar-refractivity contribution in [1.29, 1.82) is 0 Å². The van der Waals surface area contributed by atoms with Gasteiger partial charge in [-0.15, -0.1) is 0 Å². The second-order valence-electron chi connectivity index (χ2n) is 9.32.